The minimum absolute atomic E-state index is 0.0240. The molecule has 442 valence electrons. The molecule has 3 atom stereocenters. The van der Waals surface area contributed by atoms with Crippen LogP contribution in [0.2, 0.25) is 0 Å². The van der Waals surface area contributed by atoms with Gasteiger partial charge in [0.15, 0.2) is 80.6 Å². The van der Waals surface area contributed by atoms with Gasteiger partial charge in [-0.25, -0.2) is 0 Å². The van der Waals surface area contributed by atoms with E-state index in [4.69, 9.17) is 61.3 Å². The van der Waals surface area contributed by atoms with Crippen LogP contribution in [0.5, 0.6) is 69.0 Å². The number of rotatable bonds is 23. The Bertz CT molecular complexity index is 3020. The number of benzene rings is 6. The van der Waals surface area contributed by atoms with Gasteiger partial charge in [0.05, 0.1) is 90.1 Å². The second-order valence-electron chi connectivity index (χ2n) is 18.8. The maximum atomic E-state index is 11.7. The summed E-state index contributed by atoms with van der Waals surface area (Å²) in [6.45, 7) is 12.3. The fourth-order valence-electron chi connectivity index (χ4n) is 8.70. The van der Waals surface area contributed by atoms with E-state index in [1.54, 1.807) is 129 Å². The highest BCUT2D eigenvalue weighted by Crippen LogP contribution is 2.42. The van der Waals surface area contributed by atoms with Crippen molar-refractivity contribution in [3.05, 3.63) is 143 Å². The Morgan fingerprint density at radius 2 is 0.671 bits per heavy atom. The molecule has 7 rings (SSSR count). The van der Waals surface area contributed by atoms with E-state index in [1.165, 1.54) is 11.1 Å². The van der Waals surface area contributed by atoms with Gasteiger partial charge < -0.3 is 61.3 Å². The minimum atomic E-state index is -0.199. The van der Waals surface area contributed by atoms with Gasteiger partial charge in [0.25, 0.3) is 0 Å². The molecule has 6 aromatic carbocycles. The van der Waals surface area contributed by atoms with Crippen molar-refractivity contribution in [3.63, 3.8) is 0 Å². The third-order valence-electron chi connectivity index (χ3n) is 13.8. The molecule has 0 radical (unpaired) electrons. The number of ether oxygens (including phenoxy) is 12. The van der Waals surface area contributed by atoms with Crippen LogP contribution in [-0.2, 0) is 12.8 Å². The number of methoxy groups -OCH3 is 12. The molecule has 1 aromatic heterocycles. The lowest BCUT2D eigenvalue weighted by Crippen LogP contribution is -2.14. The number of alkyl halides is 1. The van der Waals surface area contributed by atoms with Gasteiger partial charge in [0.2, 0.25) is 0 Å². The van der Waals surface area contributed by atoms with Crippen molar-refractivity contribution in [2.45, 2.75) is 65.6 Å². The lowest BCUT2D eigenvalue weighted by molar-refractivity contribution is 0.0983. The van der Waals surface area contributed by atoms with E-state index in [-0.39, 0.29) is 16.4 Å². The van der Waals surface area contributed by atoms with E-state index in [2.05, 4.69) is 67.9 Å². The first-order valence-electron chi connectivity index (χ1n) is 26.5. The summed E-state index contributed by atoms with van der Waals surface area (Å²) >= 11 is 3.24. The summed E-state index contributed by atoms with van der Waals surface area (Å²) in [5.74, 6) is 11.0. The zero-order chi connectivity index (χ0) is 60.6. The Balaban J connectivity index is 0.000000245. The van der Waals surface area contributed by atoms with Gasteiger partial charge in [-0.15, -0.1) is 0 Å². The molecule has 0 aliphatic carbocycles. The maximum Gasteiger partial charge on any atom is 0.176 e. The van der Waals surface area contributed by atoms with Gasteiger partial charge in [-0.1, -0.05) is 48.8 Å². The van der Waals surface area contributed by atoms with Gasteiger partial charge in [0.1, 0.15) is 11.5 Å². The Labute approximate surface area is 493 Å². The predicted molar refractivity (Wildman–Crippen MR) is 327 cm³/mol. The molecule has 0 fully saturated rings. The lowest BCUT2D eigenvalue weighted by atomic mass is 9.85. The standard InChI is InChI=1S/C22H24O5.C22H30O4.C11H13BrO3.C11H14O3/c1-13-14(2)22(16-8-10-18(24-4)20(12-16)26-6)27-21(13)15-7-9-17(23-3)19(11-15)25-5;1-15(11-17-7-9-19(23-3)21(13-17)25-5)16(2)12-18-8-10-20(24-4)22(14-18)26-6;1-7(12)11(13)8-4-5-9(14-2)10(6-8)15-3;1-4-9(12)8-5-6-10(13-2)11(7-8)14-3/h7-12H,1-6H3;7-10,13-16H,11-12H2,1-6H3;4-7H,1-3H3;5-7H,4H2,1-3H3/t;15-,16+;;. The molecule has 16 heteroatoms. The van der Waals surface area contributed by atoms with Crippen molar-refractivity contribution in [1.29, 1.82) is 0 Å². The van der Waals surface area contributed by atoms with Gasteiger partial charge in [0, 0.05) is 28.7 Å². The van der Waals surface area contributed by atoms with Crippen molar-refractivity contribution >= 4 is 27.5 Å². The van der Waals surface area contributed by atoms with E-state index in [9.17, 15) is 9.59 Å². The van der Waals surface area contributed by atoms with E-state index in [1.807, 2.05) is 55.5 Å². The van der Waals surface area contributed by atoms with Crippen LogP contribution in [0.1, 0.15) is 77.1 Å². The summed E-state index contributed by atoms with van der Waals surface area (Å²) in [6.07, 6.45) is 2.49. The average molecular weight is 1190 g/mol. The number of hydrogen-bond acceptors (Lipinski definition) is 15. The van der Waals surface area contributed by atoms with Crippen molar-refractivity contribution < 1.29 is 70.8 Å². The zero-order valence-electron chi connectivity index (χ0n) is 50.7. The molecule has 1 unspecified atom stereocenters. The topological polar surface area (TPSA) is 158 Å². The molecule has 1 heterocycles. The molecule has 0 aliphatic rings. The Morgan fingerprint density at radius 3 is 0.988 bits per heavy atom. The summed E-state index contributed by atoms with van der Waals surface area (Å²) in [6, 6.07) is 34.1. The predicted octanol–water partition coefficient (Wildman–Crippen LogP) is 15.0. The summed E-state index contributed by atoms with van der Waals surface area (Å²) < 4.78 is 69.6. The van der Waals surface area contributed by atoms with Crippen molar-refractivity contribution in [3.8, 4) is 91.6 Å². The monoisotopic (exact) mass is 1190 g/mol. The normalized spacial score (nSPS) is 11.5. The molecule has 82 heavy (non-hydrogen) atoms. The molecule has 0 bridgehead atoms. The number of carbonyl (C=O) groups excluding carboxylic acids is 2. The van der Waals surface area contributed by atoms with Gasteiger partial charge in [-0.2, -0.15) is 0 Å². The van der Waals surface area contributed by atoms with E-state index < -0.39 is 0 Å². The Kier molecular flexibility index (Phi) is 26.8. The van der Waals surface area contributed by atoms with Crippen LogP contribution >= 0.6 is 15.9 Å². The molecule has 0 saturated heterocycles. The second-order valence-corrected chi connectivity index (χ2v) is 20.2. The SMILES string of the molecule is CCC(=O)c1ccc(OC)c(OC)c1.COc1ccc(-c2oc(-c3ccc(OC)c(OC)c3)c(C)c2C)cc1OC.COc1ccc(C(=O)C(C)Br)cc1OC.COc1ccc(C[C@@H](C)[C@@H](C)Cc2ccc(OC)c(OC)c2)cc1OC. The Morgan fingerprint density at radius 1 is 0.390 bits per heavy atom. The summed E-state index contributed by atoms with van der Waals surface area (Å²) in [5, 5.41) is 0. The molecule has 0 spiro atoms. The highest BCUT2D eigenvalue weighted by molar-refractivity contribution is 9.10. The Hall–Kier alpha value is -7.98. The quantitative estimate of drug-likeness (QED) is 0.0440. The number of hydrogen-bond donors (Lipinski definition) is 0. The molecule has 15 nitrogen and oxygen atoms in total. The summed E-state index contributed by atoms with van der Waals surface area (Å²) in [5.41, 5.74) is 7.80. The van der Waals surface area contributed by atoms with Crippen LogP contribution < -0.4 is 56.8 Å². The van der Waals surface area contributed by atoms with Crippen LogP contribution in [0.4, 0.5) is 0 Å². The van der Waals surface area contributed by atoms with Crippen LogP contribution in [0.25, 0.3) is 22.6 Å². The number of ketones is 2. The maximum absolute atomic E-state index is 11.7. The fourth-order valence-corrected chi connectivity index (χ4v) is 8.96. The molecule has 0 aliphatic heterocycles. The number of carbonyl (C=O) groups is 2. The number of Topliss-reactive ketones (excluding diaryl/α,β-unsaturated/α-hetero) is 2. The van der Waals surface area contributed by atoms with E-state index in [0.717, 1.165) is 69.6 Å². The van der Waals surface area contributed by atoms with Crippen molar-refractivity contribution in [2.24, 2.45) is 11.8 Å². The van der Waals surface area contributed by atoms with Gasteiger partial charge >= 0.3 is 0 Å². The minimum Gasteiger partial charge on any atom is -0.493 e. The second kappa shape index (κ2) is 33.1. The number of halogens is 1. The first kappa shape index (κ1) is 66.5. The highest BCUT2D eigenvalue weighted by Gasteiger charge is 2.21. The first-order valence-corrected chi connectivity index (χ1v) is 27.4. The third kappa shape index (κ3) is 17.5. The largest absolute Gasteiger partial charge is 0.493 e. The smallest absolute Gasteiger partial charge is 0.176 e. The molecule has 0 saturated carbocycles. The van der Waals surface area contributed by atoms with Crippen molar-refractivity contribution in [1.82, 2.24) is 0 Å². The van der Waals surface area contributed by atoms with E-state index >= 15 is 0 Å². The van der Waals surface area contributed by atoms with Gasteiger partial charge in [-0.3, -0.25) is 9.59 Å². The summed E-state index contributed by atoms with van der Waals surface area (Å²) in [4.78, 5) is 22.9. The van der Waals surface area contributed by atoms with Crippen molar-refractivity contribution in [2.75, 3.05) is 85.3 Å². The zero-order valence-corrected chi connectivity index (χ0v) is 52.3. The number of furan rings is 1. The van der Waals surface area contributed by atoms with Crippen LogP contribution in [-0.4, -0.2) is 102 Å². The van der Waals surface area contributed by atoms with Crippen LogP contribution in [0.15, 0.2) is 114 Å². The third-order valence-corrected chi connectivity index (χ3v) is 14.2. The average Bonchev–Trinajstić information content (AvgIpc) is 3.99. The first-order chi connectivity index (χ1) is 39.4. The molecule has 0 amide bonds. The molecule has 7 aromatic rings. The van der Waals surface area contributed by atoms with E-state index in [0.29, 0.717) is 75.4 Å². The molecule has 0 N–H and O–H groups in total. The molecular formula is C66H81BrO15. The van der Waals surface area contributed by atoms with Gasteiger partial charge in [-0.05, 0) is 165 Å². The van der Waals surface area contributed by atoms with Crippen LogP contribution in [0, 0.1) is 25.7 Å². The molecular weight excluding hydrogens is 1110 g/mol. The van der Waals surface area contributed by atoms with Crippen LogP contribution in [0.3, 0.4) is 0 Å². The lowest BCUT2D eigenvalue weighted by Gasteiger charge is -2.21. The highest BCUT2D eigenvalue weighted by atomic mass is 79.9. The fraction of sp³-hybridized carbons (Fsp3) is 0.364. The summed E-state index contributed by atoms with van der Waals surface area (Å²) in [7, 11) is 19.4.